The van der Waals surface area contributed by atoms with Gasteiger partial charge in [-0.15, -0.1) is 53.4 Å². The SMILES string of the molecule is [2H]c1c([2H])c([2H])c(-c2cccc(-c3cc(C(C)(C)C)cc(C(C)(C)C)c3)c2N2[CH-]N(c3[c-]c(Oc4[c-]c5c(cc4)[Si]4(c6ccccc6-c6ccccc64)c4ccccc4N5c4cc(C(C)(C)C)ccn4)cc(C(C)(C)C)c3)c3ccccc32)c([2H])c1[2H].[Pt]. The fourth-order valence-corrected chi connectivity index (χ4v) is 17.8. The number of ether oxygens (including phenoxy) is 1. The molecule has 0 radical (unpaired) electrons. The van der Waals surface area contributed by atoms with Gasteiger partial charge < -0.3 is 19.4 Å². The maximum Gasteiger partial charge on any atom is 0.135 e. The first kappa shape index (κ1) is 49.8. The third-order valence-electron chi connectivity index (χ3n) is 16.7. The Labute approximate surface area is 515 Å². The first-order valence-electron chi connectivity index (χ1n) is 31.0. The molecule has 10 aromatic rings. The number of rotatable bonds is 7. The normalized spacial score (nSPS) is 15.0. The van der Waals surface area contributed by atoms with Gasteiger partial charge in [0.25, 0.3) is 0 Å². The first-order valence-corrected chi connectivity index (χ1v) is 30.5. The van der Waals surface area contributed by atoms with E-state index in [1.54, 1.807) is 0 Å². The monoisotopic (exact) mass is 1280 g/mol. The fourth-order valence-electron chi connectivity index (χ4n) is 12.3. The second-order valence-electron chi connectivity index (χ2n) is 26.2. The molecule has 1 spiro atoms. The van der Waals surface area contributed by atoms with Crippen LogP contribution >= 0.6 is 0 Å². The van der Waals surface area contributed by atoms with Crippen molar-refractivity contribution in [1.82, 2.24) is 4.98 Å². The molecule has 83 heavy (non-hydrogen) atoms. The van der Waals surface area contributed by atoms with Gasteiger partial charge in [-0.1, -0.05) is 234 Å². The number of aromatic nitrogens is 1. The molecule has 1 aromatic heterocycles. The minimum absolute atomic E-state index is 0. The molecule has 0 saturated carbocycles. The summed E-state index contributed by atoms with van der Waals surface area (Å²) in [7, 11) is -2.99. The molecule has 0 saturated heterocycles. The van der Waals surface area contributed by atoms with Gasteiger partial charge in [0.15, 0.2) is 0 Å². The number of benzene rings is 9. The molecule has 0 unspecified atom stereocenters. The molecule has 3 aliphatic heterocycles. The van der Waals surface area contributed by atoms with Crippen LogP contribution in [0.4, 0.5) is 39.9 Å². The summed E-state index contributed by atoms with van der Waals surface area (Å²) in [6.45, 7) is 28.7. The molecule has 5 nitrogen and oxygen atoms in total. The van der Waals surface area contributed by atoms with Crippen LogP contribution in [0.1, 0.15) is 112 Å². The van der Waals surface area contributed by atoms with E-state index in [4.69, 9.17) is 13.8 Å². The second kappa shape index (κ2) is 20.5. The van der Waals surface area contributed by atoms with Gasteiger partial charge in [0.05, 0.1) is 6.85 Å². The van der Waals surface area contributed by atoms with Gasteiger partial charge in [-0.2, -0.15) is 6.07 Å². The van der Waals surface area contributed by atoms with Crippen LogP contribution in [0.25, 0.3) is 33.4 Å². The summed E-state index contributed by atoms with van der Waals surface area (Å²) in [4.78, 5) is 11.7. The minimum Gasteiger partial charge on any atom is -0.509 e. The number of pyridine rings is 1. The number of nitrogens with zero attached hydrogens (tertiary/aromatic N) is 4. The summed E-state index contributed by atoms with van der Waals surface area (Å²) in [6.07, 6.45) is 1.92. The van der Waals surface area contributed by atoms with Crippen LogP contribution in [0.3, 0.4) is 0 Å². The topological polar surface area (TPSA) is 31.8 Å². The van der Waals surface area contributed by atoms with E-state index in [1.165, 1.54) is 37.4 Å². The Bertz CT molecular complexity index is 4350. The Balaban J connectivity index is 0.00000754. The Morgan fingerprint density at radius 3 is 1.60 bits per heavy atom. The Morgan fingerprint density at radius 1 is 0.458 bits per heavy atom. The van der Waals surface area contributed by atoms with Crippen LogP contribution in [0.2, 0.25) is 0 Å². The van der Waals surface area contributed by atoms with Crippen molar-refractivity contribution in [2.45, 2.75) is 105 Å². The van der Waals surface area contributed by atoms with Gasteiger partial charge in [-0.05, 0) is 106 Å². The molecule has 0 amide bonds. The molecule has 0 N–H and O–H groups in total. The zero-order chi connectivity index (χ0) is 61.4. The maximum absolute atomic E-state index is 9.40. The molecule has 0 atom stereocenters. The molecule has 0 bridgehead atoms. The second-order valence-corrected chi connectivity index (χ2v) is 29.9. The van der Waals surface area contributed by atoms with E-state index in [2.05, 4.69) is 256 Å². The van der Waals surface area contributed by atoms with Crippen LogP contribution in [0.15, 0.2) is 206 Å². The van der Waals surface area contributed by atoms with E-state index < -0.39 is 26.2 Å². The molecular formula is C76H71N4OPtSi-3. The van der Waals surface area contributed by atoms with Crippen molar-refractivity contribution in [1.29, 1.82) is 0 Å². The van der Waals surface area contributed by atoms with E-state index in [0.29, 0.717) is 22.7 Å². The largest absolute Gasteiger partial charge is 0.509 e. The molecule has 9 aromatic carbocycles. The summed E-state index contributed by atoms with van der Waals surface area (Å²) in [5, 5.41) is 5.19. The van der Waals surface area contributed by atoms with Crippen molar-refractivity contribution in [3.63, 3.8) is 0 Å². The average molecular weight is 1280 g/mol. The van der Waals surface area contributed by atoms with Gasteiger partial charge in [0.2, 0.25) is 0 Å². The smallest absolute Gasteiger partial charge is 0.135 e. The van der Waals surface area contributed by atoms with Crippen molar-refractivity contribution in [2.75, 3.05) is 14.7 Å². The van der Waals surface area contributed by atoms with Crippen molar-refractivity contribution in [3.8, 4) is 44.9 Å². The van der Waals surface area contributed by atoms with Crippen molar-refractivity contribution in [2.24, 2.45) is 0 Å². The summed E-state index contributed by atoms with van der Waals surface area (Å²) >= 11 is 0. The number of anilines is 7. The average Bonchev–Trinajstić information content (AvgIpc) is 1.42. The van der Waals surface area contributed by atoms with E-state index in [-0.39, 0.29) is 60.4 Å². The van der Waals surface area contributed by atoms with Crippen molar-refractivity contribution in [3.05, 3.63) is 247 Å². The van der Waals surface area contributed by atoms with E-state index in [0.717, 1.165) is 62.1 Å². The summed E-state index contributed by atoms with van der Waals surface area (Å²) in [5.74, 6) is 1.84. The third-order valence-corrected chi connectivity index (χ3v) is 21.6. The van der Waals surface area contributed by atoms with Gasteiger partial charge >= 0.3 is 0 Å². The van der Waals surface area contributed by atoms with Crippen LogP contribution in [0, 0.1) is 18.8 Å². The molecule has 4 heterocycles. The zero-order valence-electron chi connectivity index (χ0n) is 54.3. The summed E-state index contributed by atoms with van der Waals surface area (Å²) in [5.41, 5.74) is 13.6. The molecule has 13 rings (SSSR count). The number of para-hydroxylation sites is 4. The first-order chi connectivity index (χ1) is 41.2. The predicted octanol–water partition coefficient (Wildman–Crippen LogP) is 17.5. The Hall–Kier alpha value is -7.76. The molecule has 418 valence electrons. The van der Waals surface area contributed by atoms with Crippen LogP contribution in [-0.4, -0.2) is 13.1 Å². The van der Waals surface area contributed by atoms with Crippen molar-refractivity contribution < 1.29 is 32.7 Å². The van der Waals surface area contributed by atoms with Crippen LogP contribution in [-0.2, 0) is 42.7 Å². The van der Waals surface area contributed by atoms with Gasteiger partial charge in [0.1, 0.15) is 13.9 Å². The predicted molar refractivity (Wildman–Crippen MR) is 346 cm³/mol. The molecule has 0 aliphatic carbocycles. The molecular weight excluding hydrogens is 1210 g/mol. The van der Waals surface area contributed by atoms with Gasteiger partial charge in [0, 0.05) is 72.6 Å². The quantitative estimate of drug-likeness (QED) is 0.117. The standard InChI is InChI=1S/C76H71N4OSi.Pt/c1-73(2,3)52-39-40-77-71(46-52)80-65-33-20-23-36-69(65)82(67-34-21-16-27-61(67)62-28-17-22-35-68(62)82)70-38-37-57(48-66(70)80)81-58-45-55(76(10,11)12)44-56(47-58)78-49-79(64-32-19-18-31-63(64)78)72-59(50-25-14-13-15-26-50)29-24-30-60(72)51-41-53(74(4,5)6)43-54(42-51)75(7,8)9;/h13-46,49H,1-12H3;/q-3;/i13D,14D,15D,25D,26D;. The van der Waals surface area contributed by atoms with Crippen molar-refractivity contribution >= 4 is 68.8 Å². The number of fused-ring (bicyclic) bond motifs is 10. The van der Waals surface area contributed by atoms with Gasteiger partial charge in [-0.3, -0.25) is 0 Å². The van der Waals surface area contributed by atoms with E-state index in [1.807, 2.05) is 37.1 Å². The van der Waals surface area contributed by atoms with Crippen LogP contribution in [0.5, 0.6) is 11.5 Å². The Kier molecular flexibility index (Phi) is 12.3. The van der Waals surface area contributed by atoms with Gasteiger partial charge in [-0.25, -0.2) is 4.98 Å². The Morgan fingerprint density at radius 2 is 0.988 bits per heavy atom. The molecule has 0 fully saturated rings. The maximum atomic E-state index is 9.40. The zero-order valence-corrected chi connectivity index (χ0v) is 52.6. The molecule has 7 heteroatoms. The number of hydrogen-bond donors (Lipinski definition) is 0. The minimum atomic E-state index is -2.99. The molecule has 3 aliphatic rings. The summed E-state index contributed by atoms with van der Waals surface area (Å²) in [6, 6.07) is 66.5. The van der Waals surface area contributed by atoms with E-state index >= 15 is 0 Å². The van der Waals surface area contributed by atoms with E-state index in [9.17, 15) is 2.74 Å². The van der Waals surface area contributed by atoms with Crippen LogP contribution < -0.4 is 40.2 Å². The number of hydrogen-bond acceptors (Lipinski definition) is 5. The fraction of sp³-hybridized carbons (Fsp3) is 0.211. The summed E-state index contributed by atoms with van der Waals surface area (Å²) < 4.78 is 52.4. The third kappa shape index (κ3) is 9.57.